The normalized spacial score (nSPS) is 12.5. The molecule has 0 rings (SSSR count). The van der Waals surface area contributed by atoms with Gasteiger partial charge in [-0.2, -0.15) is 0 Å². The van der Waals surface area contributed by atoms with Crippen molar-refractivity contribution in [2.24, 2.45) is 10.7 Å². The lowest BCUT2D eigenvalue weighted by molar-refractivity contribution is -0.119. The summed E-state index contributed by atoms with van der Waals surface area (Å²) in [6, 6.07) is 0. The van der Waals surface area contributed by atoms with Gasteiger partial charge in [-0.25, -0.2) is 4.99 Å². The number of hydrogen-bond acceptors (Lipinski definition) is 2. The molecule has 0 fully saturated rings. The second-order valence-electron chi connectivity index (χ2n) is 3.75. The second kappa shape index (κ2) is 4.69. The summed E-state index contributed by atoms with van der Waals surface area (Å²) >= 11 is 0. The molecule has 1 amide bonds. The summed E-state index contributed by atoms with van der Waals surface area (Å²) in [5.41, 5.74) is 5.39. The Morgan fingerprint density at radius 2 is 2.00 bits per heavy atom. The van der Waals surface area contributed by atoms with Crippen LogP contribution in [0.5, 0.6) is 0 Å². The van der Waals surface area contributed by atoms with Crippen LogP contribution < -0.4 is 16.4 Å². The number of nitrogens with zero attached hydrogens (tertiary/aromatic N) is 1. The van der Waals surface area contributed by atoms with Gasteiger partial charge in [0.05, 0.1) is 0 Å². The van der Waals surface area contributed by atoms with Gasteiger partial charge in [0.2, 0.25) is 5.91 Å². The molecule has 5 heteroatoms. The molecule has 4 N–H and O–H groups in total. The van der Waals surface area contributed by atoms with Gasteiger partial charge in [-0.15, -0.1) is 0 Å². The Morgan fingerprint density at radius 1 is 1.46 bits per heavy atom. The van der Waals surface area contributed by atoms with Gasteiger partial charge in [0.15, 0.2) is 5.96 Å². The lowest BCUT2D eigenvalue weighted by Gasteiger charge is -2.20. The van der Waals surface area contributed by atoms with Crippen molar-refractivity contribution in [3.8, 4) is 0 Å². The fourth-order valence-corrected chi connectivity index (χ4v) is 0.660. The molecule has 0 bridgehead atoms. The molecular weight excluding hydrogens is 168 g/mol. The molecule has 0 aliphatic rings. The number of amides is 1. The Balaban J connectivity index is 3.96. The summed E-state index contributed by atoms with van der Waals surface area (Å²) in [7, 11) is 1.56. The van der Waals surface area contributed by atoms with E-state index in [-0.39, 0.29) is 24.0 Å². The van der Waals surface area contributed by atoms with E-state index in [2.05, 4.69) is 15.6 Å². The highest BCUT2D eigenvalue weighted by Gasteiger charge is 2.09. The highest BCUT2D eigenvalue weighted by Crippen LogP contribution is 1.96. The molecule has 0 aliphatic heterocycles. The van der Waals surface area contributed by atoms with Crippen LogP contribution in [0.1, 0.15) is 20.8 Å². The quantitative estimate of drug-likeness (QED) is 0.399. The number of carbonyl (C=O) groups is 1. The zero-order valence-corrected chi connectivity index (χ0v) is 8.64. The highest BCUT2D eigenvalue weighted by molar-refractivity contribution is 5.84. The van der Waals surface area contributed by atoms with Crippen LogP contribution in [0, 0.1) is 0 Å². The zero-order chi connectivity index (χ0) is 10.5. The van der Waals surface area contributed by atoms with Gasteiger partial charge >= 0.3 is 0 Å². The first-order chi connectivity index (χ1) is 5.85. The zero-order valence-electron chi connectivity index (χ0n) is 8.64. The molecule has 0 unspecified atom stereocenters. The van der Waals surface area contributed by atoms with Crippen LogP contribution in [0.25, 0.3) is 0 Å². The van der Waals surface area contributed by atoms with E-state index in [0.29, 0.717) is 0 Å². The van der Waals surface area contributed by atoms with E-state index in [4.69, 9.17) is 5.73 Å². The largest absolute Gasteiger partial charge is 0.370 e. The Bertz CT molecular complexity index is 205. The average molecular weight is 186 g/mol. The number of nitrogens with two attached hydrogens (primary N) is 1. The summed E-state index contributed by atoms with van der Waals surface area (Å²) in [4.78, 5) is 14.6. The van der Waals surface area contributed by atoms with E-state index in [9.17, 15) is 4.79 Å². The number of nitrogens with one attached hydrogen (secondary N) is 2. The van der Waals surface area contributed by atoms with Gasteiger partial charge in [0, 0.05) is 12.6 Å². The van der Waals surface area contributed by atoms with Gasteiger partial charge in [-0.3, -0.25) is 4.79 Å². The van der Waals surface area contributed by atoms with Crippen LogP contribution in [0.3, 0.4) is 0 Å². The van der Waals surface area contributed by atoms with Crippen LogP contribution >= 0.6 is 0 Å². The Kier molecular flexibility index (Phi) is 4.23. The van der Waals surface area contributed by atoms with Gasteiger partial charge < -0.3 is 16.4 Å². The van der Waals surface area contributed by atoms with Crippen molar-refractivity contribution in [2.75, 3.05) is 13.6 Å². The van der Waals surface area contributed by atoms with Crippen LogP contribution in [0.15, 0.2) is 4.99 Å². The minimum atomic E-state index is -0.154. The molecule has 0 aliphatic carbocycles. The van der Waals surface area contributed by atoms with Gasteiger partial charge in [0.1, 0.15) is 6.54 Å². The van der Waals surface area contributed by atoms with E-state index in [1.807, 2.05) is 20.8 Å². The first kappa shape index (κ1) is 11.7. The first-order valence-corrected chi connectivity index (χ1v) is 4.14. The van der Waals surface area contributed by atoms with Crippen LogP contribution in [-0.4, -0.2) is 31.0 Å². The van der Waals surface area contributed by atoms with Gasteiger partial charge in [-0.1, -0.05) is 0 Å². The topological polar surface area (TPSA) is 79.5 Å². The van der Waals surface area contributed by atoms with Crippen molar-refractivity contribution in [1.29, 1.82) is 0 Å². The molecule has 76 valence electrons. The summed E-state index contributed by atoms with van der Waals surface area (Å²) in [6.45, 7) is 5.96. The highest BCUT2D eigenvalue weighted by atomic mass is 16.1. The Morgan fingerprint density at radius 3 is 2.38 bits per heavy atom. The van der Waals surface area contributed by atoms with Crippen molar-refractivity contribution in [3.63, 3.8) is 0 Å². The maximum absolute atomic E-state index is 10.8. The third-order valence-corrected chi connectivity index (χ3v) is 1.17. The summed E-state index contributed by atoms with van der Waals surface area (Å²) in [5.74, 6) is 0.134. The van der Waals surface area contributed by atoms with Crippen LogP contribution in [-0.2, 0) is 4.79 Å². The van der Waals surface area contributed by atoms with Crippen molar-refractivity contribution in [3.05, 3.63) is 0 Å². The van der Waals surface area contributed by atoms with E-state index in [0.717, 1.165) is 0 Å². The molecule has 0 aromatic heterocycles. The molecule has 0 spiro atoms. The van der Waals surface area contributed by atoms with Crippen molar-refractivity contribution in [1.82, 2.24) is 10.6 Å². The summed E-state index contributed by atoms with van der Waals surface area (Å²) in [6.07, 6.45) is 0. The first-order valence-electron chi connectivity index (χ1n) is 4.14. The molecule has 0 saturated heterocycles. The molecule has 0 atom stereocenters. The van der Waals surface area contributed by atoms with Crippen LogP contribution in [0.2, 0.25) is 0 Å². The minimum Gasteiger partial charge on any atom is -0.370 e. The third-order valence-electron chi connectivity index (χ3n) is 1.17. The number of likely N-dealkylation sites (N-methyl/N-ethyl adjacent to an activating group) is 1. The Labute approximate surface area is 78.8 Å². The summed E-state index contributed by atoms with van der Waals surface area (Å²) < 4.78 is 0. The fraction of sp³-hybridized carbons (Fsp3) is 0.750. The van der Waals surface area contributed by atoms with Gasteiger partial charge in [-0.05, 0) is 20.8 Å². The van der Waals surface area contributed by atoms with E-state index >= 15 is 0 Å². The molecule has 5 nitrogen and oxygen atoms in total. The van der Waals surface area contributed by atoms with Crippen LogP contribution in [0.4, 0.5) is 0 Å². The maximum atomic E-state index is 10.8. The van der Waals surface area contributed by atoms with Crippen molar-refractivity contribution in [2.45, 2.75) is 26.3 Å². The van der Waals surface area contributed by atoms with Gasteiger partial charge in [0.25, 0.3) is 0 Å². The predicted molar refractivity (Wildman–Crippen MR) is 53.4 cm³/mol. The maximum Gasteiger partial charge on any atom is 0.241 e. The van der Waals surface area contributed by atoms with E-state index in [1.165, 1.54) is 0 Å². The molecule has 0 aromatic rings. The van der Waals surface area contributed by atoms with E-state index in [1.54, 1.807) is 7.05 Å². The number of hydrogen-bond donors (Lipinski definition) is 3. The van der Waals surface area contributed by atoms with Crippen molar-refractivity contribution >= 4 is 11.9 Å². The molecule has 0 radical (unpaired) electrons. The lowest BCUT2D eigenvalue weighted by atomic mass is 10.1. The number of rotatable bonds is 2. The lowest BCUT2D eigenvalue weighted by Crippen LogP contribution is -2.45. The molecular formula is C8H18N4O. The predicted octanol–water partition coefficient (Wildman–Crippen LogP) is -0.565. The SMILES string of the molecule is CNC(=O)CN=C(N)NC(C)(C)C. The monoisotopic (exact) mass is 186 g/mol. The average Bonchev–Trinajstić information content (AvgIpc) is 1.97. The Hall–Kier alpha value is -1.26. The summed E-state index contributed by atoms with van der Waals surface area (Å²) in [5, 5.41) is 5.40. The number of carbonyl (C=O) groups excluding carboxylic acids is 1. The third kappa shape index (κ3) is 7.11. The van der Waals surface area contributed by atoms with E-state index < -0.39 is 0 Å². The fourth-order valence-electron chi connectivity index (χ4n) is 0.660. The smallest absolute Gasteiger partial charge is 0.241 e. The molecule has 0 heterocycles. The minimum absolute atomic E-state index is 0.0609. The molecule has 0 aromatic carbocycles. The molecule has 13 heavy (non-hydrogen) atoms. The number of aliphatic imine (C=N–C) groups is 1. The van der Waals surface area contributed by atoms with Crippen molar-refractivity contribution < 1.29 is 4.79 Å². The number of guanidine groups is 1. The second-order valence-corrected chi connectivity index (χ2v) is 3.75. The molecule has 0 saturated carbocycles. The standard InChI is InChI=1S/C8H18N4O/c1-8(2,3)12-7(9)11-5-6(13)10-4/h5H2,1-4H3,(H,10,13)(H3,9,11,12).